The highest BCUT2D eigenvalue weighted by Gasteiger charge is 2.12. The maximum Gasteiger partial charge on any atom is 0.271 e. The molecule has 6 nitrogen and oxygen atoms in total. The smallest absolute Gasteiger partial charge is 0.271 e. The van der Waals surface area contributed by atoms with E-state index in [0.717, 1.165) is 22.8 Å². The number of nitrogens with zero attached hydrogens (tertiary/aromatic N) is 4. The van der Waals surface area contributed by atoms with Crippen molar-refractivity contribution in [2.24, 2.45) is 0 Å². The van der Waals surface area contributed by atoms with Crippen LogP contribution in [0.5, 0.6) is 0 Å². The number of rotatable bonds is 4. The Hall–Kier alpha value is -1.76. The van der Waals surface area contributed by atoms with Crippen molar-refractivity contribution in [3.8, 4) is 0 Å². The molecule has 2 rings (SSSR count). The molecule has 0 saturated carbocycles. The van der Waals surface area contributed by atoms with Crippen LogP contribution in [0.2, 0.25) is 0 Å². The van der Waals surface area contributed by atoms with Gasteiger partial charge in [0.2, 0.25) is 0 Å². The largest absolute Gasteiger partial charge is 0.345 e. The van der Waals surface area contributed by atoms with E-state index in [-0.39, 0.29) is 5.91 Å². The average Bonchev–Trinajstić information content (AvgIpc) is 2.93. The van der Waals surface area contributed by atoms with E-state index < -0.39 is 0 Å². The lowest BCUT2D eigenvalue weighted by Gasteiger charge is -2.05. The summed E-state index contributed by atoms with van der Waals surface area (Å²) in [4.78, 5) is 12.9. The molecule has 2 aromatic rings. The molecule has 0 spiro atoms. The van der Waals surface area contributed by atoms with Crippen LogP contribution < -0.4 is 5.32 Å². The second-order valence-corrected chi connectivity index (χ2v) is 4.95. The van der Waals surface area contributed by atoms with Gasteiger partial charge in [-0.25, -0.2) is 4.68 Å². The quantitative estimate of drug-likeness (QED) is 0.904. The normalized spacial score (nSPS) is 10.6. The number of carbonyl (C=O) groups excluding carboxylic acids is 1. The Balaban J connectivity index is 2.03. The monoisotopic (exact) mass is 265 g/mol. The average molecular weight is 265 g/mol. The number of nitrogens with one attached hydrogen (secondary N) is 1. The van der Waals surface area contributed by atoms with Crippen LogP contribution in [0.1, 0.15) is 33.7 Å². The van der Waals surface area contributed by atoms with Gasteiger partial charge in [0.05, 0.1) is 17.9 Å². The first kappa shape index (κ1) is 12.7. The van der Waals surface area contributed by atoms with Crippen molar-refractivity contribution in [3.63, 3.8) is 0 Å². The minimum absolute atomic E-state index is 0.164. The number of hydrogen-bond donors (Lipinski definition) is 1. The van der Waals surface area contributed by atoms with Crippen LogP contribution in [-0.2, 0) is 13.1 Å². The second-order valence-electron chi connectivity index (χ2n) is 3.94. The zero-order valence-corrected chi connectivity index (χ0v) is 11.4. The van der Waals surface area contributed by atoms with Gasteiger partial charge in [-0.1, -0.05) is 5.21 Å². The molecule has 0 aromatic carbocycles. The van der Waals surface area contributed by atoms with Crippen molar-refractivity contribution in [1.29, 1.82) is 0 Å². The van der Waals surface area contributed by atoms with E-state index >= 15 is 0 Å². The number of hydrogen-bond acceptors (Lipinski definition) is 5. The SMILES string of the molecule is CCn1nnc(C)c1CNC(=O)c1cc(C)sn1. The van der Waals surface area contributed by atoms with E-state index in [0.29, 0.717) is 12.2 Å². The molecule has 18 heavy (non-hydrogen) atoms. The fourth-order valence-electron chi connectivity index (χ4n) is 1.62. The molecule has 0 fully saturated rings. The van der Waals surface area contributed by atoms with Gasteiger partial charge in [0.25, 0.3) is 5.91 Å². The van der Waals surface area contributed by atoms with Gasteiger partial charge < -0.3 is 5.32 Å². The summed E-state index contributed by atoms with van der Waals surface area (Å²) in [6.45, 7) is 6.95. The first-order chi connectivity index (χ1) is 8.61. The first-order valence-corrected chi connectivity index (χ1v) is 6.49. The summed E-state index contributed by atoms with van der Waals surface area (Å²) in [6.07, 6.45) is 0. The molecule has 0 aliphatic rings. The highest BCUT2D eigenvalue weighted by atomic mass is 32.1. The zero-order valence-electron chi connectivity index (χ0n) is 10.6. The highest BCUT2D eigenvalue weighted by molar-refractivity contribution is 7.05. The van der Waals surface area contributed by atoms with Crippen molar-refractivity contribution in [1.82, 2.24) is 24.7 Å². The summed E-state index contributed by atoms with van der Waals surface area (Å²) in [5, 5.41) is 10.8. The lowest BCUT2D eigenvalue weighted by atomic mass is 10.3. The Morgan fingerprint density at radius 1 is 1.50 bits per heavy atom. The van der Waals surface area contributed by atoms with Crippen LogP contribution in [0, 0.1) is 13.8 Å². The van der Waals surface area contributed by atoms with Gasteiger partial charge in [0.1, 0.15) is 5.69 Å². The second kappa shape index (κ2) is 5.26. The molecule has 0 saturated heterocycles. The number of aryl methyl sites for hydroxylation is 3. The summed E-state index contributed by atoms with van der Waals surface area (Å²) in [7, 11) is 0. The van der Waals surface area contributed by atoms with Gasteiger partial charge in [-0.3, -0.25) is 4.79 Å². The van der Waals surface area contributed by atoms with Gasteiger partial charge in [-0.05, 0) is 38.4 Å². The van der Waals surface area contributed by atoms with Crippen LogP contribution in [0.4, 0.5) is 0 Å². The van der Waals surface area contributed by atoms with Crippen LogP contribution >= 0.6 is 11.5 Å². The molecule has 1 N–H and O–H groups in total. The van der Waals surface area contributed by atoms with Gasteiger partial charge in [0.15, 0.2) is 0 Å². The van der Waals surface area contributed by atoms with Crippen LogP contribution in [0.3, 0.4) is 0 Å². The fourth-order valence-corrected chi connectivity index (χ4v) is 2.16. The van der Waals surface area contributed by atoms with Gasteiger partial charge in [-0.2, -0.15) is 4.37 Å². The van der Waals surface area contributed by atoms with E-state index in [1.807, 2.05) is 20.8 Å². The molecule has 2 heterocycles. The lowest BCUT2D eigenvalue weighted by Crippen LogP contribution is -2.25. The van der Waals surface area contributed by atoms with E-state index in [9.17, 15) is 4.79 Å². The first-order valence-electron chi connectivity index (χ1n) is 5.72. The topological polar surface area (TPSA) is 72.7 Å². The molecule has 0 bridgehead atoms. The molecule has 0 aliphatic carbocycles. The molecule has 1 amide bonds. The van der Waals surface area contributed by atoms with Crippen LogP contribution in [0.15, 0.2) is 6.07 Å². The summed E-state index contributed by atoms with van der Waals surface area (Å²) >= 11 is 1.33. The highest BCUT2D eigenvalue weighted by Crippen LogP contribution is 2.08. The van der Waals surface area contributed by atoms with Crippen LogP contribution in [-0.4, -0.2) is 25.3 Å². The number of aromatic nitrogens is 4. The van der Waals surface area contributed by atoms with Gasteiger partial charge in [-0.15, -0.1) is 5.10 Å². The predicted octanol–water partition coefficient (Wildman–Crippen LogP) is 1.30. The molecule has 0 unspecified atom stereocenters. The molecule has 96 valence electrons. The Bertz CT molecular complexity index is 560. The summed E-state index contributed by atoms with van der Waals surface area (Å²) < 4.78 is 5.85. The maximum absolute atomic E-state index is 11.8. The van der Waals surface area contributed by atoms with Gasteiger partial charge in [0, 0.05) is 11.4 Å². The van der Waals surface area contributed by atoms with Crippen molar-refractivity contribution < 1.29 is 4.79 Å². The molecule has 0 aliphatic heterocycles. The third-order valence-corrected chi connectivity index (χ3v) is 3.30. The minimum Gasteiger partial charge on any atom is -0.345 e. The van der Waals surface area contributed by atoms with Crippen LogP contribution in [0.25, 0.3) is 0 Å². The summed E-state index contributed by atoms with van der Waals surface area (Å²) in [5.41, 5.74) is 2.23. The summed E-state index contributed by atoms with van der Waals surface area (Å²) in [6, 6.07) is 1.78. The Morgan fingerprint density at radius 2 is 2.28 bits per heavy atom. The molecule has 2 aromatic heterocycles. The van der Waals surface area contributed by atoms with E-state index in [1.165, 1.54) is 11.5 Å². The zero-order chi connectivity index (χ0) is 13.1. The predicted molar refractivity (Wildman–Crippen MR) is 68.5 cm³/mol. The Kier molecular flexibility index (Phi) is 3.71. The fraction of sp³-hybridized carbons (Fsp3) is 0.455. The lowest BCUT2D eigenvalue weighted by molar-refractivity contribution is 0.0946. The van der Waals surface area contributed by atoms with Gasteiger partial charge >= 0.3 is 0 Å². The minimum atomic E-state index is -0.164. The molecular weight excluding hydrogens is 250 g/mol. The van der Waals surface area contributed by atoms with Crippen molar-refractivity contribution in [2.45, 2.75) is 33.9 Å². The standard InChI is InChI=1S/C11H15N5OS/c1-4-16-10(8(3)13-15-16)6-12-11(17)9-5-7(2)18-14-9/h5H,4,6H2,1-3H3,(H,12,17). The van der Waals surface area contributed by atoms with Crippen molar-refractivity contribution in [3.05, 3.63) is 28.0 Å². The Morgan fingerprint density at radius 3 is 2.89 bits per heavy atom. The number of carbonyl (C=O) groups is 1. The Labute approximate surface area is 109 Å². The van der Waals surface area contributed by atoms with E-state index in [2.05, 4.69) is 20.0 Å². The third kappa shape index (κ3) is 2.56. The molecule has 0 atom stereocenters. The third-order valence-electron chi connectivity index (χ3n) is 2.61. The summed E-state index contributed by atoms with van der Waals surface area (Å²) in [5.74, 6) is -0.164. The van der Waals surface area contributed by atoms with Crippen molar-refractivity contribution in [2.75, 3.05) is 0 Å². The number of amides is 1. The van der Waals surface area contributed by atoms with Crippen molar-refractivity contribution >= 4 is 17.4 Å². The molecule has 7 heteroatoms. The molecular formula is C11H15N5OS. The van der Waals surface area contributed by atoms with E-state index in [1.54, 1.807) is 10.7 Å². The molecule has 0 radical (unpaired) electrons. The van der Waals surface area contributed by atoms with E-state index in [4.69, 9.17) is 0 Å². The maximum atomic E-state index is 11.8.